The molecule has 0 aromatic rings. The van der Waals surface area contributed by atoms with Gasteiger partial charge in [0.05, 0.1) is 13.2 Å². The predicted molar refractivity (Wildman–Crippen MR) is 81.9 cm³/mol. The van der Waals surface area contributed by atoms with Crippen LogP contribution in [0.4, 0.5) is 0 Å². The molecule has 0 aliphatic heterocycles. The quantitative estimate of drug-likeness (QED) is 0.258. The van der Waals surface area contributed by atoms with Crippen LogP contribution in [0.1, 0.15) is 58.3 Å². The van der Waals surface area contributed by atoms with Gasteiger partial charge in [0.15, 0.2) is 0 Å². The van der Waals surface area contributed by atoms with E-state index in [1.165, 1.54) is 44.9 Å². The molecule has 0 aromatic heterocycles. The van der Waals surface area contributed by atoms with Crippen molar-refractivity contribution in [2.75, 3.05) is 19.8 Å². The minimum absolute atomic E-state index is 0. The molecule has 0 radical (unpaired) electrons. The second-order valence-electron chi connectivity index (χ2n) is 4.32. The predicted octanol–water partition coefficient (Wildman–Crippen LogP) is 1.56. The van der Waals surface area contributed by atoms with Crippen molar-refractivity contribution in [2.45, 2.75) is 58.3 Å². The first-order valence-corrected chi connectivity index (χ1v) is 8.45. The van der Waals surface area contributed by atoms with Crippen molar-refractivity contribution in [3.8, 4) is 0 Å². The van der Waals surface area contributed by atoms with Gasteiger partial charge in [-0.3, -0.25) is 0 Å². The summed E-state index contributed by atoms with van der Waals surface area (Å²) in [5.74, 6) is 0. The van der Waals surface area contributed by atoms with Crippen molar-refractivity contribution in [1.29, 1.82) is 0 Å². The number of unbranched alkanes of at least 4 members (excludes halogenated alkanes) is 7. The van der Waals surface area contributed by atoms with E-state index in [0.29, 0.717) is 6.61 Å². The van der Waals surface area contributed by atoms with Crippen LogP contribution in [-0.2, 0) is 9.30 Å². The zero-order valence-corrected chi connectivity index (χ0v) is 12.7. The molecule has 0 aliphatic rings. The van der Waals surface area contributed by atoms with E-state index in [9.17, 15) is 0 Å². The maximum atomic E-state index is 8.88. The summed E-state index contributed by atoms with van der Waals surface area (Å²) >= 11 is 0. The first-order valence-electron chi connectivity index (χ1n) is 6.88. The molecule has 0 saturated heterocycles. The van der Waals surface area contributed by atoms with Crippen molar-refractivity contribution in [2.24, 2.45) is 0 Å². The number of rotatable bonds is 11. The second kappa shape index (κ2) is 20.7. The third-order valence-corrected chi connectivity index (χ3v) is 2.38. The van der Waals surface area contributed by atoms with Crippen LogP contribution in [0.25, 0.3) is 0 Å². The Morgan fingerprint density at radius 3 is 1.65 bits per heavy atom. The fourth-order valence-corrected chi connectivity index (χ4v) is 1.50. The SMILES string of the molecule is CCCCCCCCCCOCCO.O=P(O)(O)O.[KH]. The van der Waals surface area contributed by atoms with E-state index in [1.807, 2.05) is 0 Å². The molecule has 0 spiro atoms. The van der Waals surface area contributed by atoms with E-state index >= 15 is 0 Å². The van der Waals surface area contributed by atoms with E-state index in [1.54, 1.807) is 0 Å². The third kappa shape index (κ3) is 42.7. The van der Waals surface area contributed by atoms with Gasteiger partial charge >= 0.3 is 59.2 Å². The van der Waals surface area contributed by atoms with Crippen LogP contribution in [0, 0.1) is 0 Å². The van der Waals surface area contributed by atoms with E-state index < -0.39 is 7.82 Å². The Hall–Kier alpha value is 1.67. The molecule has 0 saturated carbocycles. The summed E-state index contributed by atoms with van der Waals surface area (Å²) < 4.78 is 14.1. The fraction of sp³-hybridized carbons (Fsp3) is 1.00. The topological polar surface area (TPSA) is 107 Å². The van der Waals surface area contributed by atoms with Crippen LogP contribution < -0.4 is 0 Å². The molecule has 8 heteroatoms. The van der Waals surface area contributed by atoms with Crippen LogP contribution in [-0.4, -0.2) is 91.0 Å². The van der Waals surface area contributed by atoms with Gasteiger partial charge in [-0.1, -0.05) is 51.9 Å². The fourth-order valence-electron chi connectivity index (χ4n) is 1.50. The number of aliphatic hydroxyl groups is 1. The molecular formula is C12H30KO6P. The number of ether oxygens (including phenoxy) is 1. The van der Waals surface area contributed by atoms with E-state index in [4.69, 9.17) is 29.1 Å². The van der Waals surface area contributed by atoms with Gasteiger partial charge in [0.1, 0.15) is 0 Å². The van der Waals surface area contributed by atoms with Crippen molar-refractivity contribution in [3.63, 3.8) is 0 Å². The van der Waals surface area contributed by atoms with Crippen LogP contribution in [0.15, 0.2) is 0 Å². The van der Waals surface area contributed by atoms with Gasteiger partial charge in [-0.15, -0.1) is 0 Å². The third-order valence-electron chi connectivity index (χ3n) is 2.38. The van der Waals surface area contributed by atoms with E-state index in [2.05, 4.69) is 6.92 Å². The Balaban J connectivity index is -0.000000414. The zero-order valence-electron chi connectivity index (χ0n) is 11.8. The van der Waals surface area contributed by atoms with Gasteiger partial charge < -0.3 is 24.5 Å². The van der Waals surface area contributed by atoms with Crippen LogP contribution in [0.5, 0.6) is 0 Å². The number of hydrogen-bond donors (Lipinski definition) is 4. The molecule has 0 bridgehead atoms. The van der Waals surface area contributed by atoms with Gasteiger partial charge in [0, 0.05) is 6.61 Å². The zero-order chi connectivity index (χ0) is 15.0. The molecular weight excluding hydrogens is 310 g/mol. The molecule has 6 nitrogen and oxygen atoms in total. The molecule has 120 valence electrons. The molecule has 0 fully saturated rings. The van der Waals surface area contributed by atoms with Gasteiger partial charge in [0.25, 0.3) is 0 Å². The average molecular weight is 340 g/mol. The second-order valence-corrected chi connectivity index (χ2v) is 5.35. The van der Waals surface area contributed by atoms with Gasteiger partial charge in [0.2, 0.25) is 0 Å². The normalized spacial score (nSPS) is 10.4. The molecule has 0 atom stereocenters. The molecule has 0 aliphatic carbocycles. The Kier molecular flexibility index (Phi) is 27.4. The maximum absolute atomic E-state index is 8.88. The molecule has 0 amide bonds. The molecule has 20 heavy (non-hydrogen) atoms. The Morgan fingerprint density at radius 1 is 0.850 bits per heavy atom. The molecule has 0 rings (SSSR count). The number of phosphoric acid groups is 1. The minimum atomic E-state index is -4.64. The molecule has 0 heterocycles. The van der Waals surface area contributed by atoms with Crippen molar-refractivity contribution in [1.82, 2.24) is 0 Å². The summed E-state index contributed by atoms with van der Waals surface area (Å²) in [7, 11) is -4.64. The van der Waals surface area contributed by atoms with E-state index in [-0.39, 0.29) is 58.0 Å². The summed E-state index contributed by atoms with van der Waals surface area (Å²) in [4.78, 5) is 21.6. The van der Waals surface area contributed by atoms with Crippen LogP contribution >= 0.6 is 7.82 Å². The van der Waals surface area contributed by atoms with Crippen molar-refractivity contribution in [3.05, 3.63) is 0 Å². The summed E-state index contributed by atoms with van der Waals surface area (Å²) in [6, 6.07) is 0. The molecule has 0 unspecified atom stereocenters. The number of hydrogen-bond acceptors (Lipinski definition) is 3. The average Bonchev–Trinajstić information content (AvgIpc) is 2.29. The van der Waals surface area contributed by atoms with Crippen molar-refractivity contribution < 1.29 is 29.1 Å². The number of aliphatic hydroxyl groups excluding tert-OH is 1. The first-order chi connectivity index (χ1) is 8.91. The Bertz CT molecular complexity index is 192. The van der Waals surface area contributed by atoms with Gasteiger partial charge in [-0.25, -0.2) is 4.57 Å². The summed E-state index contributed by atoms with van der Waals surface area (Å²) in [6.07, 6.45) is 10.6. The summed E-state index contributed by atoms with van der Waals surface area (Å²) in [5.41, 5.74) is 0. The van der Waals surface area contributed by atoms with Crippen LogP contribution in [0.3, 0.4) is 0 Å². The standard InChI is InChI=1S/C12H26O2.K.H3O4P.H/c1-2-3-4-5-6-7-8-9-11-14-12-10-13;;1-5(2,3)4;/h13H,2-12H2,1H3;;(H3,1,2,3,4);. The van der Waals surface area contributed by atoms with E-state index in [0.717, 1.165) is 13.0 Å². The summed E-state index contributed by atoms with van der Waals surface area (Å²) in [5, 5.41) is 8.46. The van der Waals surface area contributed by atoms with Gasteiger partial charge in [-0.05, 0) is 6.42 Å². The molecule has 0 aromatic carbocycles. The first kappa shape index (κ1) is 26.6. The summed E-state index contributed by atoms with van der Waals surface area (Å²) in [6.45, 7) is 3.71. The Morgan fingerprint density at radius 2 is 1.25 bits per heavy atom. The van der Waals surface area contributed by atoms with Crippen LogP contribution in [0.2, 0.25) is 0 Å². The molecule has 4 N–H and O–H groups in total. The van der Waals surface area contributed by atoms with Crippen molar-refractivity contribution >= 4 is 59.2 Å². The Labute approximate surface area is 165 Å². The van der Waals surface area contributed by atoms with Gasteiger partial charge in [-0.2, -0.15) is 0 Å². The monoisotopic (exact) mass is 340 g/mol.